The number of likely N-dealkylation sites (N-methyl/N-ethyl adjacent to an activating group) is 1. The Labute approximate surface area is 213 Å². The summed E-state index contributed by atoms with van der Waals surface area (Å²) in [7, 11) is 1.60. The molecule has 0 radical (unpaired) electrons. The fourth-order valence-electron chi connectivity index (χ4n) is 3.59. The van der Waals surface area contributed by atoms with E-state index in [-0.39, 0.29) is 11.8 Å². The molecule has 35 heavy (non-hydrogen) atoms. The molecule has 0 bridgehead atoms. The molecule has 8 heteroatoms. The van der Waals surface area contributed by atoms with Gasteiger partial charge in [0, 0.05) is 13.6 Å². The smallest absolute Gasteiger partial charge is 0.408 e. The fourth-order valence-corrected chi connectivity index (χ4v) is 4.06. The van der Waals surface area contributed by atoms with Gasteiger partial charge in [-0.15, -0.1) is 0 Å². The Morgan fingerprint density at radius 1 is 1.06 bits per heavy atom. The van der Waals surface area contributed by atoms with Crippen LogP contribution >= 0.6 is 11.8 Å². The molecule has 0 fully saturated rings. The number of nitrogens with one attached hydrogen (secondary N) is 2. The van der Waals surface area contributed by atoms with Gasteiger partial charge < -0.3 is 20.3 Å². The van der Waals surface area contributed by atoms with Gasteiger partial charge in [-0.05, 0) is 57.3 Å². The quantitative estimate of drug-likeness (QED) is 0.504. The van der Waals surface area contributed by atoms with Gasteiger partial charge in [-0.1, -0.05) is 60.2 Å². The number of nitrogens with zero attached hydrogens (tertiary/aromatic N) is 1. The molecule has 2 N–H and O–H groups in total. The molecule has 0 spiro atoms. The highest BCUT2D eigenvalue weighted by atomic mass is 32.2. The van der Waals surface area contributed by atoms with Crippen molar-refractivity contribution in [2.24, 2.45) is 0 Å². The number of carbonyl (C=O) groups excluding carboxylic acids is 3. The number of ether oxygens (including phenoxy) is 1. The minimum atomic E-state index is -0.858. The first-order valence-corrected chi connectivity index (χ1v) is 13.0. The number of thioether (sulfide) groups is 1. The van der Waals surface area contributed by atoms with E-state index in [1.54, 1.807) is 39.6 Å². The van der Waals surface area contributed by atoms with Gasteiger partial charge in [0.15, 0.2) is 0 Å². The van der Waals surface area contributed by atoms with Crippen LogP contribution < -0.4 is 10.6 Å². The average Bonchev–Trinajstić information content (AvgIpc) is 2.79. The zero-order valence-electron chi connectivity index (χ0n) is 21.5. The van der Waals surface area contributed by atoms with E-state index in [2.05, 4.69) is 10.6 Å². The summed E-state index contributed by atoms with van der Waals surface area (Å²) in [6.45, 7) is 7.58. The lowest BCUT2D eigenvalue weighted by Gasteiger charge is -2.31. The highest BCUT2D eigenvalue weighted by molar-refractivity contribution is 7.98. The van der Waals surface area contributed by atoms with Gasteiger partial charge >= 0.3 is 6.09 Å². The van der Waals surface area contributed by atoms with Crippen LogP contribution in [0.1, 0.15) is 49.9 Å². The van der Waals surface area contributed by atoms with Gasteiger partial charge in [0.05, 0.1) is 0 Å². The monoisotopic (exact) mass is 499 g/mol. The summed E-state index contributed by atoms with van der Waals surface area (Å²) in [6.07, 6.45) is 1.69. The first kappa shape index (κ1) is 28.2. The van der Waals surface area contributed by atoms with Crippen LogP contribution in [0.5, 0.6) is 0 Å². The summed E-state index contributed by atoms with van der Waals surface area (Å²) in [5.74, 6) is 0.0116. The van der Waals surface area contributed by atoms with E-state index in [0.29, 0.717) is 24.3 Å². The molecule has 0 aliphatic carbocycles. The SMILES string of the molecule is CSCCC(NC(=O)OC(C)(C)C)C(=O)N(C)C(C(=O)NCc1ccccc1)c1cccc(C)c1. The molecule has 0 saturated carbocycles. The first-order chi connectivity index (χ1) is 16.5. The molecule has 2 atom stereocenters. The van der Waals surface area contributed by atoms with E-state index in [1.165, 1.54) is 4.90 Å². The van der Waals surface area contributed by atoms with Crippen LogP contribution in [0.2, 0.25) is 0 Å². The topological polar surface area (TPSA) is 87.7 Å². The van der Waals surface area contributed by atoms with E-state index >= 15 is 0 Å². The van der Waals surface area contributed by atoms with E-state index in [0.717, 1.165) is 11.1 Å². The summed E-state index contributed by atoms with van der Waals surface area (Å²) in [4.78, 5) is 40.9. The number of carbonyl (C=O) groups is 3. The lowest BCUT2D eigenvalue weighted by Crippen LogP contribution is -2.51. The van der Waals surface area contributed by atoms with Crippen molar-refractivity contribution in [2.75, 3.05) is 19.1 Å². The van der Waals surface area contributed by atoms with Crippen LogP contribution in [-0.4, -0.2) is 53.5 Å². The number of amides is 3. The van der Waals surface area contributed by atoms with Crippen LogP contribution in [0, 0.1) is 6.92 Å². The molecule has 2 aromatic carbocycles. The van der Waals surface area contributed by atoms with Crippen molar-refractivity contribution in [2.45, 2.75) is 58.3 Å². The predicted octanol–water partition coefficient (Wildman–Crippen LogP) is 4.46. The molecular formula is C27H37N3O4S. The molecule has 0 aromatic heterocycles. The number of rotatable bonds is 10. The van der Waals surface area contributed by atoms with Crippen LogP contribution in [0.3, 0.4) is 0 Å². The van der Waals surface area contributed by atoms with Crippen molar-refractivity contribution in [3.8, 4) is 0 Å². The van der Waals surface area contributed by atoms with Gasteiger partial charge in [0.25, 0.3) is 0 Å². The minimum Gasteiger partial charge on any atom is -0.444 e. The maximum Gasteiger partial charge on any atom is 0.408 e. The fraction of sp³-hybridized carbons (Fsp3) is 0.444. The number of benzene rings is 2. The Balaban J connectivity index is 2.28. The van der Waals surface area contributed by atoms with Crippen LogP contribution in [-0.2, 0) is 20.9 Å². The summed E-state index contributed by atoms with van der Waals surface area (Å²) in [5.41, 5.74) is 1.95. The summed E-state index contributed by atoms with van der Waals surface area (Å²) in [5, 5.41) is 5.66. The van der Waals surface area contributed by atoms with Gasteiger partial charge in [0.2, 0.25) is 11.8 Å². The molecule has 7 nitrogen and oxygen atoms in total. The molecule has 190 valence electrons. The molecule has 2 unspecified atom stereocenters. The second kappa shape index (κ2) is 13.2. The van der Waals surface area contributed by atoms with Gasteiger partial charge in [-0.2, -0.15) is 11.8 Å². The third-order valence-corrected chi connectivity index (χ3v) is 5.89. The molecule has 0 aliphatic heterocycles. The zero-order chi connectivity index (χ0) is 26.0. The first-order valence-electron chi connectivity index (χ1n) is 11.6. The standard InChI is InChI=1S/C27H37N3O4S/c1-19-11-10-14-21(17-19)23(24(31)28-18-20-12-8-7-9-13-20)30(5)25(32)22(15-16-35-6)29-26(33)34-27(2,3)4/h7-14,17,22-23H,15-16,18H2,1-6H3,(H,28,31)(H,29,33). The maximum absolute atomic E-state index is 13.6. The van der Waals surface area contributed by atoms with Crippen molar-refractivity contribution in [3.05, 3.63) is 71.3 Å². The van der Waals surface area contributed by atoms with Crippen molar-refractivity contribution >= 4 is 29.7 Å². The lowest BCUT2D eigenvalue weighted by atomic mass is 10.0. The predicted molar refractivity (Wildman–Crippen MR) is 141 cm³/mol. The van der Waals surface area contributed by atoms with Crippen molar-refractivity contribution in [1.29, 1.82) is 0 Å². The van der Waals surface area contributed by atoms with Crippen molar-refractivity contribution in [3.63, 3.8) is 0 Å². The number of alkyl carbamates (subject to hydrolysis) is 1. The number of hydrogen-bond acceptors (Lipinski definition) is 5. The molecular weight excluding hydrogens is 462 g/mol. The highest BCUT2D eigenvalue weighted by Crippen LogP contribution is 2.23. The second-order valence-electron chi connectivity index (χ2n) is 9.45. The Kier molecular flexibility index (Phi) is 10.6. The molecule has 0 aliphatic rings. The third kappa shape index (κ3) is 9.28. The molecule has 2 aromatic rings. The number of aryl methyl sites for hydroxylation is 1. The Morgan fingerprint density at radius 3 is 2.34 bits per heavy atom. The summed E-state index contributed by atoms with van der Waals surface area (Å²) >= 11 is 1.58. The van der Waals surface area contributed by atoms with E-state index in [1.807, 2.05) is 67.8 Å². The van der Waals surface area contributed by atoms with Crippen molar-refractivity contribution in [1.82, 2.24) is 15.5 Å². The molecule has 0 saturated heterocycles. The summed E-state index contributed by atoms with van der Waals surface area (Å²) in [6, 6.07) is 15.5. The Morgan fingerprint density at radius 2 is 1.74 bits per heavy atom. The van der Waals surface area contributed by atoms with Gasteiger partial charge in [-0.3, -0.25) is 9.59 Å². The van der Waals surface area contributed by atoms with E-state index in [4.69, 9.17) is 4.74 Å². The van der Waals surface area contributed by atoms with Crippen LogP contribution in [0.15, 0.2) is 54.6 Å². The number of hydrogen-bond donors (Lipinski definition) is 2. The minimum absolute atomic E-state index is 0.295. The van der Waals surface area contributed by atoms with E-state index < -0.39 is 23.8 Å². The van der Waals surface area contributed by atoms with Crippen LogP contribution in [0.4, 0.5) is 4.79 Å². The second-order valence-corrected chi connectivity index (χ2v) is 10.4. The van der Waals surface area contributed by atoms with Crippen LogP contribution in [0.25, 0.3) is 0 Å². The normalized spacial score (nSPS) is 12.9. The molecule has 2 rings (SSSR count). The highest BCUT2D eigenvalue weighted by Gasteiger charge is 2.34. The maximum atomic E-state index is 13.6. The largest absolute Gasteiger partial charge is 0.444 e. The Hall–Kier alpha value is -3.00. The zero-order valence-corrected chi connectivity index (χ0v) is 22.3. The third-order valence-electron chi connectivity index (χ3n) is 5.25. The average molecular weight is 500 g/mol. The van der Waals surface area contributed by atoms with Gasteiger partial charge in [0.1, 0.15) is 17.7 Å². The summed E-state index contributed by atoms with van der Waals surface area (Å²) < 4.78 is 5.37. The molecule has 3 amide bonds. The van der Waals surface area contributed by atoms with E-state index in [9.17, 15) is 14.4 Å². The molecule has 0 heterocycles. The Bertz CT molecular complexity index is 991. The lowest BCUT2D eigenvalue weighted by molar-refractivity contribution is -0.140. The van der Waals surface area contributed by atoms with Gasteiger partial charge in [-0.25, -0.2) is 4.79 Å². The van der Waals surface area contributed by atoms with Crippen molar-refractivity contribution < 1.29 is 19.1 Å².